The van der Waals surface area contributed by atoms with Gasteiger partial charge in [0, 0.05) is 17.5 Å². The Morgan fingerprint density at radius 1 is 1.60 bits per heavy atom. The Bertz CT molecular complexity index is 436. The van der Waals surface area contributed by atoms with E-state index in [1.807, 2.05) is 0 Å². The van der Waals surface area contributed by atoms with E-state index < -0.39 is 28.0 Å². The number of nitrogens with one attached hydrogen (secondary N) is 1. The van der Waals surface area contributed by atoms with Crippen LogP contribution in [-0.4, -0.2) is 10.8 Å². The van der Waals surface area contributed by atoms with E-state index in [2.05, 4.69) is 21.2 Å². The number of nitro benzene ring substituents is 1. The van der Waals surface area contributed by atoms with Crippen molar-refractivity contribution in [3.05, 3.63) is 32.5 Å². The summed E-state index contributed by atoms with van der Waals surface area (Å²) < 4.78 is 13.5. The van der Waals surface area contributed by atoms with E-state index in [4.69, 9.17) is 0 Å². The van der Waals surface area contributed by atoms with Crippen LogP contribution in [0.1, 0.15) is 6.92 Å². The first kappa shape index (κ1) is 11.6. The number of amides is 1. The number of nitro groups is 1. The van der Waals surface area contributed by atoms with Crippen LogP contribution in [0.3, 0.4) is 0 Å². The van der Waals surface area contributed by atoms with Crippen LogP contribution in [0.15, 0.2) is 16.6 Å². The molecule has 1 aromatic carbocycles. The Balaban J connectivity index is 3.33. The highest BCUT2D eigenvalue weighted by Gasteiger charge is 2.20. The number of hydrogen-bond donors (Lipinski definition) is 1. The third-order valence-corrected chi connectivity index (χ3v) is 1.99. The van der Waals surface area contributed by atoms with E-state index in [1.54, 1.807) is 0 Å². The smallest absolute Gasteiger partial charge is 0.296 e. The molecule has 0 spiro atoms. The van der Waals surface area contributed by atoms with Crippen LogP contribution in [0, 0.1) is 15.9 Å². The fraction of sp³-hybridized carbons (Fsp3) is 0.125. The summed E-state index contributed by atoms with van der Waals surface area (Å²) in [4.78, 5) is 20.5. The zero-order valence-corrected chi connectivity index (χ0v) is 9.17. The van der Waals surface area contributed by atoms with Gasteiger partial charge in [-0.1, -0.05) is 15.9 Å². The Morgan fingerprint density at radius 3 is 2.67 bits per heavy atom. The van der Waals surface area contributed by atoms with Crippen molar-refractivity contribution in [1.29, 1.82) is 0 Å². The summed E-state index contributed by atoms with van der Waals surface area (Å²) in [6.07, 6.45) is 0. The molecule has 0 saturated heterocycles. The minimum atomic E-state index is -0.855. The number of carbonyl (C=O) groups is 1. The molecule has 0 heterocycles. The van der Waals surface area contributed by atoms with Gasteiger partial charge in [-0.05, 0) is 6.07 Å². The SMILES string of the molecule is CC(=O)Nc1c(F)cc(Br)cc1[N+](=O)[O-]. The average Bonchev–Trinajstić information content (AvgIpc) is 2.08. The fourth-order valence-corrected chi connectivity index (χ4v) is 1.42. The molecule has 0 unspecified atom stereocenters. The summed E-state index contributed by atoms with van der Waals surface area (Å²) in [6, 6.07) is 2.16. The van der Waals surface area contributed by atoms with Gasteiger partial charge in [-0.15, -0.1) is 0 Å². The predicted molar refractivity (Wildman–Crippen MR) is 55.1 cm³/mol. The van der Waals surface area contributed by atoms with Crippen LogP contribution in [0.25, 0.3) is 0 Å². The highest BCUT2D eigenvalue weighted by Crippen LogP contribution is 2.31. The molecular formula is C8H6BrFN2O3. The van der Waals surface area contributed by atoms with E-state index >= 15 is 0 Å². The minimum absolute atomic E-state index is 0.237. The lowest BCUT2D eigenvalue weighted by Gasteiger charge is -2.05. The summed E-state index contributed by atoms with van der Waals surface area (Å²) in [5.74, 6) is -1.43. The molecule has 0 aliphatic rings. The second kappa shape index (κ2) is 4.35. The molecular weight excluding hydrogens is 271 g/mol. The maximum atomic E-state index is 13.3. The number of benzene rings is 1. The summed E-state index contributed by atoms with van der Waals surface area (Å²) in [5, 5.41) is 12.6. The van der Waals surface area contributed by atoms with Crippen molar-refractivity contribution in [3.8, 4) is 0 Å². The van der Waals surface area contributed by atoms with Crippen molar-refractivity contribution in [2.24, 2.45) is 0 Å². The third kappa shape index (κ3) is 2.72. The van der Waals surface area contributed by atoms with Crippen LogP contribution in [0.2, 0.25) is 0 Å². The number of hydrogen-bond acceptors (Lipinski definition) is 3. The van der Waals surface area contributed by atoms with Gasteiger partial charge in [-0.3, -0.25) is 14.9 Å². The lowest BCUT2D eigenvalue weighted by molar-refractivity contribution is -0.384. The second-order valence-electron chi connectivity index (χ2n) is 2.72. The van der Waals surface area contributed by atoms with Crippen molar-refractivity contribution in [3.63, 3.8) is 0 Å². The highest BCUT2D eigenvalue weighted by molar-refractivity contribution is 9.10. The number of anilines is 1. The lowest BCUT2D eigenvalue weighted by Crippen LogP contribution is -2.09. The minimum Gasteiger partial charge on any atom is -0.318 e. The second-order valence-corrected chi connectivity index (χ2v) is 3.64. The molecule has 0 aromatic heterocycles. The van der Waals surface area contributed by atoms with Crippen molar-refractivity contribution in [2.45, 2.75) is 6.92 Å². The maximum absolute atomic E-state index is 13.3. The largest absolute Gasteiger partial charge is 0.318 e. The summed E-state index contributed by atoms with van der Waals surface area (Å²) in [5.41, 5.74) is -0.909. The zero-order valence-electron chi connectivity index (χ0n) is 7.58. The maximum Gasteiger partial charge on any atom is 0.296 e. The molecule has 0 saturated carbocycles. The van der Waals surface area contributed by atoms with Crippen molar-refractivity contribution >= 4 is 33.2 Å². The molecule has 1 aromatic rings. The van der Waals surface area contributed by atoms with Gasteiger partial charge in [0.15, 0.2) is 11.5 Å². The third-order valence-electron chi connectivity index (χ3n) is 1.53. The predicted octanol–water partition coefficient (Wildman–Crippen LogP) is 2.45. The van der Waals surface area contributed by atoms with Crippen LogP contribution >= 0.6 is 15.9 Å². The molecule has 15 heavy (non-hydrogen) atoms. The molecule has 7 heteroatoms. The van der Waals surface area contributed by atoms with E-state index in [0.717, 1.165) is 19.1 Å². The van der Waals surface area contributed by atoms with Crippen molar-refractivity contribution in [1.82, 2.24) is 0 Å². The Morgan fingerprint density at radius 2 is 2.20 bits per heavy atom. The van der Waals surface area contributed by atoms with Crippen LogP contribution in [0.4, 0.5) is 15.8 Å². The number of carbonyl (C=O) groups excluding carboxylic acids is 1. The molecule has 1 rings (SSSR count). The molecule has 0 aliphatic carbocycles. The summed E-state index contributed by atoms with van der Waals surface area (Å²) in [6.45, 7) is 1.14. The van der Waals surface area contributed by atoms with Crippen molar-refractivity contribution in [2.75, 3.05) is 5.32 Å². The number of nitrogens with zero attached hydrogens (tertiary/aromatic N) is 1. The molecule has 0 fully saturated rings. The van der Waals surface area contributed by atoms with E-state index in [0.29, 0.717) is 0 Å². The molecule has 0 bridgehead atoms. The highest BCUT2D eigenvalue weighted by atomic mass is 79.9. The van der Waals surface area contributed by atoms with Crippen LogP contribution in [0.5, 0.6) is 0 Å². The standard InChI is InChI=1S/C8H6BrFN2O3/c1-4(13)11-8-6(10)2-5(9)3-7(8)12(14)15/h2-3H,1H3,(H,11,13). The van der Waals surface area contributed by atoms with Crippen LogP contribution in [-0.2, 0) is 4.79 Å². The van der Waals surface area contributed by atoms with Gasteiger partial charge in [0.25, 0.3) is 5.69 Å². The Labute approximate surface area is 92.6 Å². The monoisotopic (exact) mass is 276 g/mol. The molecule has 5 nitrogen and oxygen atoms in total. The molecule has 1 N–H and O–H groups in total. The van der Waals surface area contributed by atoms with Gasteiger partial charge >= 0.3 is 0 Å². The summed E-state index contributed by atoms with van der Waals surface area (Å²) in [7, 11) is 0. The first-order valence-corrected chi connectivity index (χ1v) is 4.62. The van der Waals surface area contributed by atoms with E-state index in [9.17, 15) is 19.3 Å². The lowest BCUT2D eigenvalue weighted by atomic mass is 10.2. The van der Waals surface area contributed by atoms with E-state index in [1.165, 1.54) is 0 Å². The quantitative estimate of drug-likeness (QED) is 0.666. The first-order valence-electron chi connectivity index (χ1n) is 3.83. The van der Waals surface area contributed by atoms with Gasteiger partial charge < -0.3 is 5.32 Å². The Kier molecular flexibility index (Phi) is 3.35. The Hall–Kier alpha value is -1.50. The topological polar surface area (TPSA) is 72.2 Å². The van der Waals surface area contributed by atoms with Gasteiger partial charge in [-0.2, -0.15) is 0 Å². The molecule has 0 atom stereocenters. The van der Waals surface area contributed by atoms with Gasteiger partial charge in [0.1, 0.15) is 0 Å². The molecule has 0 aliphatic heterocycles. The number of rotatable bonds is 2. The van der Waals surface area contributed by atoms with E-state index in [-0.39, 0.29) is 4.47 Å². The molecule has 0 radical (unpaired) electrons. The average molecular weight is 277 g/mol. The summed E-state index contributed by atoms with van der Waals surface area (Å²) >= 11 is 2.92. The van der Waals surface area contributed by atoms with Crippen molar-refractivity contribution < 1.29 is 14.1 Å². The van der Waals surface area contributed by atoms with Crippen LogP contribution < -0.4 is 5.32 Å². The fourth-order valence-electron chi connectivity index (χ4n) is 1.00. The van der Waals surface area contributed by atoms with Gasteiger partial charge in [0.05, 0.1) is 4.92 Å². The zero-order chi connectivity index (χ0) is 11.6. The molecule has 1 amide bonds. The van der Waals surface area contributed by atoms with Gasteiger partial charge in [-0.25, -0.2) is 4.39 Å². The number of halogens is 2. The van der Waals surface area contributed by atoms with Gasteiger partial charge in [0.2, 0.25) is 5.91 Å². The first-order chi connectivity index (χ1) is 6.91. The normalized spacial score (nSPS) is 9.80. The molecule has 80 valence electrons.